The van der Waals surface area contributed by atoms with Crippen molar-refractivity contribution in [2.24, 2.45) is 10.5 Å². The summed E-state index contributed by atoms with van der Waals surface area (Å²) in [5, 5.41) is 5.75. The van der Waals surface area contributed by atoms with Crippen LogP contribution in [0.2, 0.25) is 0 Å². The van der Waals surface area contributed by atoms with Crippen LogP contribution < -0.4 is 5.01 Å². The summed E-state index contributed by atoms with van der Waals surface area (Å²) in [6.45, 7) is 8.57. The normalized spacial score (nSPS) is 22.3. The monoisotopic (exact) mass is 385 g/mol. The molecule has 0 aliphatic carbocycles. The summed E-state index contributed by atoms with van der Waals surface area (Å²) < 4.78 is 5.16. The standard InChI is InChI=1S/C21H27N3O4/c1-5-28-20(27)21(4)10-11-23(13-21)19(26)16-8-9-18(25)24(22-16)17-12-14(2)6-7-15(17)3/h6-7,12H,5,8-11,13H2,1-4H3/t21-/m1/s1. The zero-order valence-corrected chi connectivity index (χ0v) is 16.9. The van der Waals surface area contributed by atoms with Gasteiger partial charge in [-0.1, -0.05) is 12.1 Å². The molecule has 0 unspecified atom stereocenters. The molecule has 1 saturated heterocycles. The molecule has 0 bridgehead atoms. The Hall–Kier alpha value is -2.70. The Labute approximate surface area is 165 Å². The lowest BCUT2D eigenvalue weighted by molar-refractivity contribution is -0.153. The Morgan fingerprint density at radius 1 is 1.25 bits per heavy atom. The van der Waals surface area contributed by atoms with E-state index in [1.165, 1.54) is 5.01 Å². The predicted molar refractivity (Wildman–Crippen MR) is 106 cm³/mol. The third-order valence-corrected chi connectivity index (χ3v) is 5.40. The Morgan fingerprint density at radius 3 is 2.71 bits per heavy atom. The number of carbonyl (C=O) groups excluding carboxylic acids is 3. The van der Waals surface area contributed by atoms with Gasteiger partial charge in [0, 0.05) is 25.9 Å². The first kappa shape index (κ1) is 20.0. The second kappa shape index (κ2) is 7.73. The first-order chi connectivity index (χ1) is 13.2. The molecule has 2 amide bonds. The molecule has 0 spiro atoms. The van der Waals surface area contributed by atoms with E-state index in [0.29, 0.717) is 43.9 Å². The van der Waals surface area contributed by atoms with Crippen molar-refractivity contribution >= 4 is 29.2 Å². The van der Waals surface area contributed by atoms with Gasteiger partial charge in [0.05, 0.1) is 17.7 Å². The number of ether oxygens (including phenoxy) is 1. The topological polar surface area (TPSA) is 79.3 Å². The number of hydrogen-bond donors (Lipinski definition) is 0. The zero-order chi connectivity index (χ0) is 20.5. The summed E-state index contributed by atoms with van der Waals surface area (Å²) in [7, 11) is 0. The van der Waals surface area contributed by atoms with E-state index in [-0.39, 0.29) is 24.2 Å². The molecule has 1 aromatic rings. The van der Waals surface area contributed by atoms with Crippen molar-refractivity contribution in [3.05, 3.63) is 29.3 Å². The second-order valence-corrected chi connectivity index (χ2v) is 7.80. The number of benzene rings is 1. The Morgan fingerprint density at radius 2 is 2.00 bits per heavy atom. The minimum Gasteiger partial charge on any atom is -0.466 e. The Bertz CT molecular complexity index is 848. The lowest BCUT2D eigenvalue weighted by Crippen LogP contribution is -2.42. The lowest BCUT2D eigenvalue weighted by Gasteiger charge is -2.27. The molecule has 3 rings (SSSR count). The highest BCUT2D eigenvalue weighted by molar-refractivity contribution is 6.40. The molecule has 7 nitrogen and oxygen atoms in total. The van der Waals surface area contributed by atoms with Crippen molar-refractivity contribution in [3.63, 3.8) is 0 Å². The van der Waals surface area contributed by atoms with E-state index >= 15 is 0 Å². The van der Waals surface area contributed by atoms with Crippen molar-refractivity contribution in [1.29, 1.82) is 0 Å². The average Bonchev–Trinajstić information content (AvgIpc) is 3.07. The molecule has 150 valence electrons. The number of hydrogen-bond acceptors (Lipinski definition) is 5. The van der Waals surface area contributed by atoms with E-state index < -0.39 is 5.41 Å². The Kier molecular flexibility index (Phi) is 5.54. The van der Waals surface area contributed by atoms with Gasteiger partial charge in [-0.3, -0.25) is 14.4 Å². The van der Waals surface area contributed by atoms with Crippen LogP contribution >= 0.6 is 0 Å². The summed E-state index contributed by atoms with van der Waals surface area (Å²) in [6, 6.07) is 5.82. The highest BCUT2D eigenvalue weighted by atomic mass is 16.5. The summed E-state index contributed by atoms with van der Waals surface area (Å²) in [6.07, 6.45) is 1.11. The summed E-state index contributed by atoms with van der Waals surface area (Å²) in [5.74, 6) is -0.609. The van der Waals surface area contributed by atoms with Gasteiger partial charge in [-0.15, -0.1) is 0 Å². The summed E-state index contributed by atoms with van der Waals surface area (Å²) in [4.78, 5) is 39.3. The van der Waals surface area contributed by atoms with E-state index in [1.54, 1.807) is 11.8 Å². The van der Waals surface area contributed by atoms with Gasteiger partial charge in [-0.25, -0.2) is 5.01 Å². The van der Waals surface area contributed by atoms with Crippen LogP contribution in [0, 0.1) is 19.3 Å². The van der Waals surface area contributed by atoms with Gasteiger partial charge < -0.3 is 9.64 Å². The zero-order valence-electron chi connectivity index (χ0n) is 16.9. The van der Waals surface area contributed by atoms with E-state index in [2.05, 4.69) is 5.10 Å². The predicted octanol–water partition coefficient (Wildman–Crippen LogP) is 2.59. The maximum Gasteiger partial charge on any atom is 0.313 e. The van der Waals surface area contributed by atoms with Gasteiger partial charge in [0.25, 0.3) is 5.91 Å². The molecule has 1 aromatic carbocycles. The number of carbonyl (C=O) groups is 3. The number of rotatable bonds is 4. The Balaban J connectivity index is 1.81. The molecular weight excluding hydrogens is 358 g/mol. The maximum absolute atomic E-state index is 13.0. The lowest BCUT2D eigenvalue weighted by atomic mass is 9.90. The first-order valence-electron chi connectivity index (χ1n) is 9.69. The van der Waals surface area contributed by atoms with Crippen molar-refractivity contribution < 1.29 is 19.1 Å². The van der Waals surface area contributed by atoms with Gasteiger partial charge in [-0.2, -0.15) is 5.10 Å². The van der Waals surface area contributed by atoms with Crippen molar-refractivity contribution in [2.45, 2.75) is 47.0 Å². The van der Waals surface area contributed by atoms with Crippen molar-refractivity contribution in [2.75, 3.05) is 24.7 Å². The minimum absolute atomic E-state index is 0.122. The second-order valence-electron chi connectivity index (χ2n) is 7.80. The summed E-state index contributed by atoms with van der Waals surface area (Å²) >= 11 is 0. The molecule has 0 saturated carbocycles. The van der Waals surface area contributed by atoms with Gasteiger partial charge in [0.15, 0.2) is 0 Å². The fourth-order valence-electron chi connectivity index (χ4n) is 3.63. The first-order valence-corrected chi connectivity index (χ1v) is 9.69. The highest BCUT2D eigenvalue weighted by Crippen LogP contribution is 2.32. The van der Waals surface area contributed by atoms with Crippen LogP contribution in [-0.2, 0) is 19.1 Å². The van der Waals surface area contributed by atoms with Crippen LogP contribution in [0.3, 0.4) is 0 Å². The average molecular weight is 385 g/mol. The van der Waals surface area contributed by atoms with Gasteiger partial charge in [0.2, 0.25) is 5.91 Å². The quantitative estimate of drug-likeness (QED) is 0.746. The van der Waals surface area contributed by atoms with Crippen LogP contribution in [0.5, 0.6) is 0 Å². The molecule has 2 aliphatic heterocycles. The number of esters is 1. The number of likely N-dealkylation sites (tertiary alicyclic amines) is 1. The van der Waals surface area contributed by atoms with E-state index in [0.717, 1.165) is 11.1 Å². The number of hydrazone groups is 1. The fourth-order valence-corrected chi connectivity index (χ4v) is 3.63. The van der Waals surface area contributed by atoms with Crippen molar-refractivity contribution in [3.8, 4) is 0 Å². The molecule has 0 N–H and O–H groups in total. The molecule has 2 aliphatic rings. The molecule has 2 heterocycles. The number of nitrogens with zero attached hydrogens (tertiary/aromatic N) is 3. The molecule has 0 aromatic heterocycles. The van der Waals surface area contributed by atoms with E-state index in [9.17, 15) is 14.4 Å². The van der Waals surface area contributed by atoms with Gasteiger partial charge >= 0.3 is 5.97 Å². The maximum atomic E-state index is 13.0. The molecule has 1 fully saturated rings. The molecule has 28 heavy (non-hydrogen) atoms. The molecule has 1 atom stereocenters. The molecular formula is C21H27N3O4. The third-order valence-electron chi connectivity index (χ3n) is 5.40. The van der Waals surface area contributed by atoms with Crippen LogP contribution in [0.25, 0.3) is 0 Å². The number of amides is 2. The number of anilines is 1. The van der Waals surface area contributed by atoms with Crippen LogP contribution in [0.4, 0.5) is 5.69 Å². The van der Waals surface area contributed by atoms with Crippen LogP contribution in [-0.4, -0.2) is 48.1 Å². The SMILES string of the molecule is CCOC(=O)[C@]1(C)CCN(C(=O)C2=NN(c3cc(C)ccc3C)C(=O)CC2)C1. The van der Waals surface area contributed by atoms with E-state index in [4.69, 9.17) is 4.74 Å². The van der Waals surface area contributed by atoms with Crippen LogP contribution in [0.1, 0.15) is 44.2 Å². The van der Waals surface area contributed by atoms with Gasteiger partial charge in [-0.05, 0) is 51.3 Å². The fraction of sp³-hybridized carbons (Fsp3) is 0.524. The number of aryl methyl sites for hydroxylation is 2. The highest BCUT2D eigenvalue weighted by Gasteiger charge is 2.44. The van der Waals surface area contributed by atoms with Crippen molar-refractivity contribution in [1.82, 2.24) is 4.90 Å². The van der Waals surface area contributed by atoms with Gasteiger partial charge in [0.1, 0.15) is 5.71 Å². The minimum atomic E-state index is -0.691. The largest absolute Gasteiger partial charge is 0.466 e. The van der Waals surface area contributed by atoms with E-state index in [1.807, 2.05) is 39.0 Å². The molecule has 0 radical (unpaired) electrons. The third kappa shape index (κ3) is 3.79. The van der Waals surface area contributed by atoms with Crippen LogP contribution in [0.15, 0.2) is 23.3 Å². The molecule has 7 heteroatoms. The smallest absolute Gasteiger partial charge is 0.313 e. The summed E-state index contributed by atoms with van der Waals surface area (Å²) in [5.41, 5.74) is 2.31.